The first-order valence-electron chi connectivity index (χ1n) is 9.56. The summed E-state index contributed by atoms with van der Waals surface area (Å²) in [5.74, 6) is 2.21. The second-order valence-electron chi connectivity index (χ2n) is 9.23. The molecule has 130 valence electrons. The van der Waals surface area contributed by atoms with E-state index < -0.39 is 0 Å². The standard InChI is InChI=1S/C21H28O3/c1-12(22)15-4-5-16-14-11-19(24)18-10-13(23)6-8-21(18,3)17(14)7-9-20(15,16)2/h10,14-17H,4-9,11H2,1-3H3/t14-,15+,16-,17-,20+,21-/m1/s1. The van der Waals surface area contributed by atoms with Gasteiger partial charge in [0, 0.05) is 24.3 Å². The Morgan fingerprint density at radius 1 is 1.08 bits per heavy atom. The summed E-state index contributed by atoms with van der Waals surface area (Å²) in [5, 5.41) is 0. The number of ketones is 3. The SMILES string of the molecule is CC(=O)[C@@H]1CC[C@@H]2[C@H]3CC(=O)C4=CC(=O)CC[C@]4(C)[C@@H]3CC[C@]21C. The number of rotatable bonds is 1. The Bertz CT molecular complexity index is 660. The van der Waals surface area contributed by atoms with Gasteiger partial charge in [-0.2, -0.15) is 0 Å². The summed E-state index contributed by atoms with van der Waals surface area (Å²) >= 11 is 0. The molecule has 0 aromatic heterocycles. The zero-order valence-electron chi connectivity index (χ0n) is 15.1. The van der Waals surface area contributed by atoms with Gasteiger partial charge in [-0.3, -0.25) is 14.4 Å². The van der Waals surface area contributed by atoms with Gasteiger partial charge in [0.2, 0.25) is 0 Å². The van der Waals surface area contributed by atoms with Gasteiger partial charge < -0.3 is 0 Å². The zero-order chi connectivity index (χ0) is 17.3. The van der Waals surface area contributed by atoms with E-state index >= 15 is 0 Å². The number of hydrogen-bond acceptors (Lipinski definition) is 3. The molecule has 3 heteroatoms. The summed E-state index contributed by atoms with van der Waals surface area (Å²) in [6.45, 7) is 6.26. The Kier molecular flexibility index (Phi) is 3.47. The average Bonchev–Trinajstić information content (AvgIpc) is 2.87. The number of carbonyl (C=O) groups excluding carboxylic acids is 3. The van der Waals surface area contributed by atoms with Crippen molar-refractivity contribution in [2.45, 2.75) is 65.7 Å². The van der Waals surface area contributed by atoms with E-state index in [4.69, 9.17) is 0 Å². The van der Waals surface area contributed by atoms with Crippen molar-refractivity contribution in [3.05, 3.63) is 11.6 Å². The maximum atomic E-state index is 12.9. The fourth-order valence-electron chi connectivity index (χ4n) is 7.05. The van der Waals surface area contributed by atoms with Crippen LogP contribution in [0, 0.1) is 34.5 Å². The second kappa shape index (κ2) is 5.12. The van der Waals surface area contributed by atoms with Crippen molar-refractivity contribution >= 4 is 17.3 Å². The van der Waals surface area contributed by atoms with Crippen molar-refractivity contribution in [3.8, 4) is 0 Å². The highest BCUT2D eigenvalue weighted by Crippen LogP contribution is 2.66. The van der Waals surface area contributed by atoms with Crippen LogP contribution in [-0.4, -0.2) is 17.3 Å². The maximum Gasteiger partial charge on any atom is 0.159 e. The summed E-state index contributed by atoms with van der Waals surface area (Å²) in [6, 6.07) is 0. The molecule has 0 unspecified atom stereocenters. The third kappa shape index (κ3) is 1.99. The first-order valence-corrected chi connectivity index (χ1v) is 9.56. The first kappa shape index (κ1) is 16.2. The topological polar surface area (TPSA) is 51.2 Å². The Balaban J connectivity index is 1.72. The summed E-state index contributed by atoms with van der Waals surface area (Å²) in [6.07, 6.45) is 7.91. The smallest absolute Gasteiger partial charge is 0.159 e. The third-order valence-electron chi connectivity index (χ3n) is 8.28. The quantitative estimate of drug-likeness (QED) is 0.733. The first-order chi connectivity index (χ1) is 11.3. The molecule has 3 fully saturated rings. The highest BCUT2D eigenvalue weighted by molar-refractivity contribution is 6.05. The lowest BCUT2D eigenvalue weighted by atomic mass is 9.46. The van der Waals surface area contributed by atoms with Gasteiger partial charge in [0.1, 0.15) is 5.78 Å². The predicted molar refractivity (Wildman–Crippen MR) is 91.3 cm³/mol. The molecule has 0 heterocycles. The van der Waals surface area contributed by atoms with Crippen molar-refractivity contribution in [2.75, 3.05) is 0 Å². The zero-order valence-corrected chi connectivity index (χ0v) is 15.1. The van der Waals surface area contributed by atoms with Crippen molar-refractivity contribution in [3.63, 3.8) is 0 Å². The average molecular weight is 328 g/mol. The van der Waals surface area contributed by atoms with Gasteiger partial charge in [-0.1, -0.05) is 13.8 Å². The summed E-state index contributed by atoms with van der Waals surface area (Å²) in [5.41, 5.74) is 0.767. The molecular formula is C21H28O3. The Labute approximate surface area is 144 Å². The molecule has 4 aliphatic carbocycles. The molecule has 0 aromatic rings. The lowest BCUT2D eigenvalue weighted by molar-refractivity contribution is -0.134. The van der Waals surface area contributed by atoms with Crippen LogP contribution in [0.5, 0.6) is 0 Å². The van der Waals surface area contributed by atoms with E-state index in [0.29, 0.717) is 36.4 Å². The maximum absolute atomic E-state index is 12.9. The van der Waals surface area contributed by atoms with Crippen LogP contribution in [0.15, 0.2) is 11.6 Å². The molecule has 4 rings (SSSR count). The van der Waals surface area contributed by atoms with Gasteiger partial charge in [0.25, 0.3) is 0 Å². The lowest BCUT2D eigenvalue weighted by Gasteiger charge is -2.57. The molecule has 0 N–H and O–H groups in total. The minimum absolute atomic E-state index is 0.0787. The van der Waals surface area contributed by atoms with Gasteiger partial charge >= 0.3 is 0 Å². The fourth-order valence-corrected chi connectivity index (χ4v) is 7.05. The molecular weight excluding hydrogens is 300 g/mol. The summed E-state index contributed by atoms with van der Waals surface area (Å²) in [4.78, 5) is 36.9. The predicted octanol–water partition coefficient (Wildman–Crippen LogP) is 3.90. The molecule has 0 aromatic carbocycles. The molecule has 3 saturated carbocycles. The molecule has 4 aliphatic rings. The molecule has 0 spiro atoms. The normalized spacial score (nSPS) is 47.5. The van der Waals surface area contributed by atoms with Crippen LogP contribution in [0.3, 0.4) is 0 Å². The fraction of sp³-hybridized carbons (Fsp3) is 0.762. The number of hydrogen-bond donors (Lipinski definition) is 0. The van der Waals surface area contributed by atoms with Gasteiger partial charge in [0.15, 0.2) is 11.6 Å². The second-order valence-corrected chi connectivity index (χ2v) is 9.23. The van der Waals surface area contributed by atoms with Gasteiger partial charge in [-0.05, 0) is 73.7 Å². The van der Waals surface area contributed by atoms with Crippen LogP contribution in [0.1, 0.15) is 65.7 Å². The van der Waals surface area contributed by atoms with E-state index in [9.17, 15) is 14.4 Å². The third-order valence-corrected chi connectivity index (χ3v) is 8.28. The Morgan fingerprint density at radius 2 is 1.83 bits per heavy atom. The van der Waals surface area contributed by atoms with Gasteiger partial charge in [0.05, 0.1) is 0 Å². The molecule has 0 bridgehead atoms. The number of allylic oxidation sites excluding steroid dienone is 1. The molecule has 0 saturated heterocycles. The minimum Gasteiger partial charge on any atom is -0.300 e. The molecule has 0 amide bonds. The summed E-state index contributed by atoms with van der Waals surface area (Å²) < 4.78 is 0. The van der Waals surface area contributed by atoms with Crippen molar-refractivity contribution in [2.24, 2.45) is 34.5 Å². The van der Waals surface area contributed by atoms with Crippen LogP contribution in [0.2, 0.25) is 0 Å². The molecule has 0 radical (unpaired) electrons. The van der Waals surface area contributed by atoms with Gasteiger partial charge in [-0.15, -0.1) is 0 Å². The van der Waals surface area contributed by atoms with Crippen molar-refractivity contribution in [1.82, 2.24) is 0 Å². The number of Topliss-reactive ketones (excluding diaryl/α,β-unsaturated/α-hetero) is 2. The van der Waals surface area contributed by atoms with E-state index in [2.05, 4.69) is 13.8 Å². The highest BCUT2D eigenvalue weighted by Gasteiger charge is 2.61. The van der Waals surface area contributed by atoms with E-state index in [-0.39, 0.29) is 28.3 Å². The van der Waals surface area contributed by atoms with Crippen molar-refractivity contribution < 1.29 is 14.4 Å². The van der Waals surface area contributed by atoms with Crippen LogP contribution in [0.25, 0.3) is 0 Å². The van der Waals surface area contributed by atoms with E-state index in [1.165, 1.54) is 0 Å². The van der Waals surface area contributed by atoms with E-state index in [0.717, 1.165) is 37.7 Å². The van der Waals surface area contributed by atoms with Crippen LogP contribution in [0.4, 0.5) is 0 Å². The highest BCUT2D eigenvalue weighted by atomic mass is 16.1. The van der Waals surface area contributed by atoms with E-state index in [1.54, 1.807) is 13.0 Å². The van der Waals surface area contributed by atoms with Crippen molar-refractivity contribution in [1.29, 1.82) is 0 Å². The lowest BCUT2D eigenvalue weighted by Crippen LogP contribution is -2.53. The minimum atomic E-state index is -0.121. The largest absolute Gasteiger partial charge is 0.300 e. The monoisotopic (exact) mass is 328 g/mol. The molecule has 6 atom stereocenters. The number of carbonyl (C=O) groups is 3. The number of fused-ring (bicyclic) bond motifs is 5. The van der Waals surface area contributed by atoms with Crippen LogP contribution < -0.4 is 0 Å². The molecule has 0 aliphatic heterocycles. The summed E-state index contributed by atoms with van der Waals surface area (Å²) in [7, 11) is 0. The van der Waals surface area contributed by atoms with Crippen LogP contribution in [-0.2, 0) is 14.4 Å². The molecule has 24 heavy (non-hydrogen) atoms. The Morgan fingerprint density at radius 3 is 2.54 bits per heavy atom. The molecule has 3 nitrogen and oxygen atoms in total. The Hall–Kier alpha value is -1.25. The van der Waals surface area contributed by atoms with Crippen LogP contribution >= 0.6 is 0 Å². The van der Waals surface area contributed by atoms with Gasteiger partial charge in [-0.25, -0.2) is 0 Å². The van der Waals surface area contributed by atoms with E-state index in [1.807, 2.05) is 0 Å².